The maximum absolute atomic E-state index is 12.8. The van der Waals surface area contributed by atoms with Crippen LogP contribution < -0.4 is 9.47 Å². The van der Waals surface area contributed by atoms with Crippen molar-refractivity contribution >= 4 is 5.97 Å². The fraction of sp³-hybridized carbons (Fsp3) is 0.622. The van der Waals surface area contributed by atoms with Crippen molar-refractivity contribution in [1.82, 2.24) is 0 Å². The molecule has 0 saturated heterocycles. The minimum atomic E-state index is -0.459. The lowest BCUT2D eigenvalue weighted by molar-refractivity contribution is 0.0734. The van der Waals surface area contributed by atoms with E-state index < -0.39 is 5.97 Å². The maximum atomic E-state index is 12.8. The Bertz CT molecular complexity index is 1050. The molecule has 41 heavy (non-hydrogen) atoms. The van der Waals surface area contributed by atoms with Crippen LogP contribution in [-0.2, 0) is 6.42 Å². The van der Waals surface area contributed by atoms with Crippen LogP contribution in [0.15, 0.2) is 42.5 Å². The third-order valence-electron chi connectivity index (χ3n) is 8.75. The molecule has 0 N–H and O–H groups in total. The summed E-state index contributed by atoms with van der Waals surface area (Å²) >= 11 is 0. The number of hydrogen-bond acceptors (Lipinski definition) is 4. The fourth-order valence-electron chi connectivity index (χ4n) is 6.04. The molecule has 2 aromatic carbocycles. The van der Waals surface area contributed by atoms with Gasteiger partial charge >= 0.3 is 5.97 Å². The maximum Gasteiger partial charge on any atom is 0.343 e. The van der Waals surface area contributed by atoms with Crippen molar-refractivity contribution in [2.45, 2.75) is 129 Å². The standard InChI is InChI=1S/C37H53NO3/c1-3-5-7-8-9-10-11-13-27-40-35-24-22-33(23-25-35)37(39)41-36-26-21-32(28-34(36)29-38)20-19-31-17-15-30(16-18-31)14-12-6-4-2/h21-26,28,30-31H,3-20,27H2,1-2H3. The predicted molar refractivity (Wildman–Crippen MR) is 169 cm³/mol. The molecule has 4 nitrogen and oxygen atoms in total. The number of carbonyl (C=O) groups excluding carboxylic acids is 1. The smallest absolute Gasteiger partial charge is 0.343 e. The van der Waals surface area contributed by atoms with E-state index in [1.807, 2.05) is 24.3 Å². The highest BCUT2D eigenvalue weighted by Gasteiger charge is 2.21. The van der Waals surface area contributed by atoms with E-state index in [0.29, 0.717) is 23.5 Å². The van der Waals surface area contributed by atoms with E-state index in [1.54, 1.807) is 18.2 Å². The van der Waals surface area contributed by atoms with Gasteiger partial charge in [-0.3, -0.25) is 0 Å². The van der Waals surface area contributed by atoms with E-state index in [4.69, 9.17) is 9.47 Å². The van der Waals surface area contributed by atoms with Gasteiger partial charge in [0, 0.05) is 0 Å². The molecule has 1 saturated carbocycles. The lowest BCUT2D eigenvalue weighted by Gasteiger charge is -2.28. The van der Waals surface area contributed by atoms with Crippen LogP contribution in [0.1, 0.15) is 144 Å². The summed E-state index contributed by atoms with van der Waals surface area (Å²) in [4.78, 5) is 12.8. The summed E-state index contributed by atoms with van der Waals surface area (Å²) in [5, 5.41) is 9.72. The Kier molecular flexibility index (Phi) is 15.4. The molecule has 1 aliphatic carbocycles. The van der Waals surface area contributed by atoms with Gasteiger partial charge < -0.3 is 9.47 Å². The molecule has 0 aliphatic heterocycles. The van der Waals surface area contributed by atoms with Crippen LogP contribution in [0.25, 0.3) is 0 Å². The van der Waals surface area contributed by atoms with Crippen LogP contribution in [0.5, 0.6) is 11.5 Å². The summed E-state index contributed by atoms with van der Waals surface area (Å²) in [6.07, 6.45) is 23.2. The number of rotatable bonds is 19. The summed E-state index contributed by atoms with van der Waals surface area (Å²) in [5.41, 5.74) is 2.01. The highest BCUT2D eigenvalue weighted by molar-refractivity contribution is 5.91. The Morgan fingerprint density at radius 2 is 1.39 bits per heavy atom. The lowest BCUT2D eigenvalue weighted by Crippen LogP contribution is -2.15. The van der Waals surface area contributed by atoms with Crippen LogP contribution in [0.3, 0.4) is 0 Å². The molecule has 0 amide bonds. The molecule has 0 heterocycles. The first-order valence-corrected chi connectivity index (χ1v) is 16.6. The summed E-state index contributed by atoms with van der Waals surface area (Å²) in [7, 11) is 0. The number of unbranched alkanes of at least 4 members (excludes halogenated alkanes) is 9. The van der Waals surface area contributed by atoms with E-state index in [-0.39, 0.29) is 0 Å². The molecule has 0 aromatic heterocycles. The van der Waals surface area contributed by atoms with Crippen molar-refractivity contribution in [3.05, 3.63) is 59.2 Å². The van der Waals surface area contributed by atoms with Gasteiger partial charge in [-0.2, -0.15) is 5.26 Å². The van der Waals surface area contributed by atoms with Gasteiger partial charge in [0.05, 0.1) is 17.7 Å². The predicted octanol–water partition coefficient (Wildman–Crippen LogP) is 10.6. The summed E-state index contributed by atoms with van der Waals surface area (Å²) < 4.78 is 11.5. The molecule has 4 heteroatoms. The minimum absolute atomic E-state index is 0.323. The molecule has 0 radical (unpaired) electrons. The monoisotopic (exact) mass is 559 g/mol. The molecule has 2 aromatic rings. The first-order valence-electron chi connectivity index (χ1n) is 16.6. The third-order valence-corrected chi connectivity index (χ3v) is 8.75. The van der Waals surface area contributed by atoms with Crippen LogP contribution >= 0.6 is 0 Å². The molecule has 0 unspecified atom stereocenters. The Morgan fingerprint density at radius 3 is 2.05 bits per heavy atom. The number of nitrogens with zero attached hydrogens (tertiary/aromatic N) is 1. The molecule has 224 valence electrons. The first kappa shape index (κ1) is 32.7. The van der Waals surface area contributed by atoms with Crippen LogP contribution in [0, 0.1) is 23.2 Å². The number of esters is 1. The van der Waals surface area contributed by atoms with Crippen molar-refractivity contribution in [3.8, 4) is 17.6 Å². The molecule has 3 rings (SSSR count). The largest absolute Gasteiger partial charge is 0.494 e. The van der Waals surface area contributed by atoms with E-state index in [2.05, 4.69) is 19.9 Å². The molecule has 1 fully saturated rings. The highest BCUT2D eigenvalue weighted by Crippen LogP contribution is 2.34. The van der Waals surface area contributed by atoms with Crippen LogP contribution in [-0.4, -0.2) is 12.6 Å². The van der Waals surface area contributed by atoms with Gasteiger partial charge in [-0.05, 0) is 73.1 Å². The number of ether oxygens (including phenoxy) is 2. The zero-order valence-corrected chi connectivity index (χ0v) is 25.8. The van der Waals surface area contributed by atoms with E-state index >= 15 is 0 Å². The highest BCUT2D eigenvalue weighted by atomic mass is 16.5. The first-order chi connectivity index (χ1) is 20.1. The number of aryl methyl sites for hydroxylation is 1. The van der Waals surface area contributed by atoms with Crippen molar-refractivity contribution in [2.75, 3.05) is 6.61 Å². The Morgan fingerprint density at radius 1 is 0.780 bits per heavy atom. The topological polar surface area (TPSA) is 59.3 Å². The van der Waals surface area contributed by atoms with Crippen LogP contribution in [0.2, 0.25) is 0 Å². The van der Waals surface area contributed by atoms with Crippen LogP contribution in [0.4, 0.5) is 0 Å². The average molecular weight is 560 g/mol. The van der Waals surface area contributed by atoms with Gasteiger partial charge in [-0.15, -0.1) is 0 Å². The molecule has 0 atom stereocenters. The molecule has 0 spiro atoms. The third kappa shape index (κ3) is 12.3. The van der Waals surface area contributed by atoms with Crippen molar-refractivity contribution in [3.63, 3.8) is 0 Å². The van der Waals surface area contributed by atoms with Gasteiger partial charge in [-0.25, -0.2) is 4.79 Å². The molecule has 1 aliphatic rings. The SMILES string of the molecule is CCCCCCCCCCOc1ccc(C(=O)Oc2ccc(CCC3CCC(CCCCC)CC3)cc2C#N)cc1. The average Bonchev–Trinajstić information content (AvgIpc) is 3.00. The van der Waals surface area contributed by atoms with Gasteiger partial charge in [-0.1, -0.05) is 116 Å². The van der Waals surface area contributed by atoms with Crippen molar-refractivity contribution in [1.29, 1.82) is 5.26 Å². The zero-order valence-electron chi connectivity index (χ0n) is 25.8. The van der Waals surface area contributed by atoms with Crippen molar-refractivity contribution in [2.24, 2.45) is 11.8 Å². The summed E-state index contributed by atoms with van der Waals surface area (Å²) in [6, 6.07) is 15.0. The van der Waals surface area contributed by atoms with Gasteiger partial charge in [0.25, 0.3) is 0 Å². The number of hydrogen-bond donors (Lipinski definition) is 0. The normalized spacial score (nSPS) is 16.7. The Labute approximate surface area is 249 Å². The van der Waals surface area contributed by atoms with Crippen molar-refractivity contribution < 1.29 is 14.3 Å². The number of nitriles is 1. The van der Waals surface area contributed by atoms with Gasteiger partial charge in [0.15, 0.2) is 0 Å². The second kappa shape index (κ2) is 19.3. The summed E-state index contributed by atoms with van der Waals surface area (Å²) in [6.45, 7) is 5.21. The van der Waals surface area contributed by atoms with Gasteiger partial charge in [0.1, 0.15) is 17.6 Å². The second-order valence-corrected chi connectivity index (χ2v) is 12.1. The molecule has 0 bridgehead atoms. The Balaban J connectivity index is 1.38. The van der Waals surface area contributed by atoms with E-state index in [9.17, 15) is 10.1 Å². The van der Waals surface area contributed by atoms with E-state index in [1.165, 1.54) is 103 Å². The van der Waals surface area contributed by atoms with E-state index in [0.717, 1.165) is 36.0 Å². The number of benzene rings is 2. The fourth-order valence-corrected chi connectivity index (χ4v) is 6.04. The Hall–Kier alpha value is -2.80. The molecular formula is C37H53NO3. The number of carbonyl (C=O) groups is 1. The zero-order chi connectivity index (χ0) is 29.1. The second-order valence-electron chi connectivity index (χ2n) is 12.1. The van der Waals surface area contributed by atoms with Gasteiger partial charge in [0.2, 0.25) is 0 Å². The lowest BCUT2D eigenvalue weighted by atomic mass is 9.78. The molecular weight excluding hydrogens is 506 g/mol. The quantitative estimate of drug-likeness (QED) is 0.0975. The summed E-state index contributed by atoms with van der Waals surface area (Å²) in [5.74, 6) is 2.34. The minimum Gasteiger partial charge on any atom is -0.494 e.